The van der Waals surface area contributed by atoms with E-state index in [9.17, 15) is 17.6 Å². The van der Waals surface area contributed by atoms with Gasteiger partial charge in [-0.05, 0) is 24.2 Å². The largest absolute Gasteiger partial charge is 3.00 e. The van der Waals surface area contributed by atoms with Crippen LogP contribution < -0.4 is 0 Å². The molecule has 2 aromatic carbocycles. The summed E-state index contributed by atoms with van der Waals surface area (Å²) in [5, 5.41) is 6.25. The maximum atomic E-state index is 13.9. The normalized spacial score (nSPS) is 9.84. The van der Waals surface area contributed by atoms with Gasteiger partial charge in [0.1, 0.15) is 0 Å². The van der Waals surface area contributed by atoms with Crippen molar-refractivity contribution >= 4 is 0 Å². The van der Waals surface area contributed by atoms with Gasteiger partial charge in [0.25, 0.3) is 0 Å². The average molecular weight is 682 g/mol. The summed E-state index contributed by atoms with van der Waals surface area (Å²) < 4.78 is 57.0. The monoisotopic (exact) mass is 682 g/mol. The third kappa shape index (κ3) is 7.19. The van der Waals surface area contributed by atoms with Crippen molar-refractivity contribution in [1.82, 2.24) is 24.1 Å². The van der Waals surface area contributed by atoms with Crippen LogP contribution in [0.25, 0.3) is 33.8 Å². The van der Waals surface area contributed by atoms with E-state index in [0.29, 0.717) is 17.1 Å². The van der Waals surface area contributed by atoms with Crippen LogP contribution in [0.2, 0.25) is 0 Å². The number of imidazole rings is 2. The Morgan fingerprint density at radius 3 is 1.73 bits per heavy atom. The van der Waals surface area contributed by atoms with Gasteiger partial charge in [-0.2, -0.15) is 0 Å². The molecule has 0 bridgehead atoms. The maximum absolute atomic E-state index is 13.9. The first kappa shape index (κ1) is 29.1. The van der Waals surface area contributed by atoms with Crippen LogP contribution >= 0.6 is 0 Å². The third-order valence-electron chi connectivity index (χ3n) is 4.68. The molecule has 0 amide bonds. The second-order valence-electron chi connectivity index (χ2n) is 7.32. The predicted molar refractivity (Wildman–Crippen MR) is 123 cm³/mol. The van der Waals surface area contributed by atoms with Gasteiger partial charge in [-0.1, -0.05) is 41.0 Å². The van der Waals surface area contributed by atoms with E-state index in [0.717, 1.165) is 18.2 Å². The number of hydrogen-bond acceptors (Lipinski definition) is 4. The number of aromatic nitrogens is 5. The first-order chi connectivity index (χ1) is 17.3. The molecule has 3 heterocycles. The molecule has 3 aromatic heterocycles. The SMILES string of the molecule is Cn1cnc(-c2[c-]c(-c3cn(C)cn3)c(F)cc2F)c1.Fc1c[c-]c(-c2ccccn2)c(F)c1.[C-]#N.[Ir+3]. The second kappa shape index (κ2) is 13.3. The van der Waals surface area contributed by atoms with Gasteiger partial charge in [-0.15, -0.1) is 18.2 Å². The molecule has 11 heteroatoms. The molecular formula is C26H17F4IrN6. The molecule has 0 fully saturated rings. The van der Waals surface area contributed by atoms with Gasteiger partial charge in [-0.3, -0.25) is 27.5 Å². The summed E-state index contributed by atoms with van der Waals surface area (Å²) in [7, 11) is 3.55. The van der Waals surface area contributed by atoms with Crippen molar-refractivity contribution in [3.05, 3.63) is 110 Å². The van der Waals surface area contributed by atoms with Gasteiger partial charge >= 0.3 is 20.1 Å². The number of hydrogen-bond donors (Lipinski definition) is 0. The summed E-state index contributed by atoms with van der Waals surface area (Å²) >= 11 is 0. The van der Waals surface area contributed by atoms with Gasteiger partial charge in [0.05, 0.1) is 24.3 Å². The number of halogens is 4. The zero-order valence-electron chi connectivity index (χ0n) is 19.4. The number of benzene rings is 2. The van der Waals surface area contributed by atoms with Crippen molar-refractivity contribution in [2.75, 3.05) is 0 Å². The van der Waals surface area contributed by atoms with E-state index in [1.54, 1.807) is 72.7 Å². The van der Waals surface area contributed by atoms with E-state index < -0.39 is 23.3 Å². The molecule has 0 radical (unpaired) electrons. The molecule has 0 N–H and O–H groups in total. The number of nitrogens with zero attached hydrogens (tertiary/aromatic N) is 6. The van der Waals surface area contributed by atoms with Crippen LogP contribution in [0.1, 0.15) is 0 Å². The Morgan fingerprint density at radius 2 is 1.30 bits per heavy atom. The van der Waals surface area contributed by atoms with Gasteiger partial charge in [0.2, 0.25) is 0 Å². The van der Waals surface area contributed by atoms with Crippen molar-refractivity contribution in [3.8, 4) is 33.8 Å². The zero-order chi connectivity index (χ0) is 26.2. The number of aryl methyl sites for hydroxylation is 2. The van der Waals surface area contributed by atoms with Crippen molar-refractivity contribution < 1.29 is 37.7 Å². The van der Waals surface area contributed by atoms with Gasteiger partial charge in [0, 0.05) is 43.3 Å². The summed E-state index contributed by atoms with van der Waals surface area (Å²) in [5.41, 5.74) is 1.71. The molecule has 0 saturated heterocycles. The molecule has 0 aliphatic carbocycles. The number of rotatable bonds is 3. The fourth-order valence-electron chi connectivity index (χ4n) is 3.11. The van der Waals surface area contributed by atoms with Crippen LogP contribution in [0.15, 0.2) is 67.6 Å². The van der Waals surface area contributed by atoms with Crippen LogP contribution in [-0.4, -0.2) is 24.1 Å². The van der Waals surface area contributed by atoms with E-state index in [1.165, 1.54) is 0 Å². The van der Waals surface area contributed by atoms with Crippen molar-refractivity contribution in [2.24, 2.45) is 14.1 Å². The Balaban J connectivity index is 0.000000250. The Kier molecular flexibility index (Phi) is 10.4. The molecule has 5 rings (SSSR count). The van der Waals surface area contributed by atoms with E-state index in [4.69, 9.17) is 11.8 Å². The quantitative estimate of drug-likeness (QED) is 0.187. The van der Waals surface area contributed by atoms with E-state index in [-0.39, 0.29) is 36.8 Å². The van der Waals surface area contributed by atoms with Crippen LogP contribution in [-0.2, 0) is 34.2 Å². The smallest absolute Gasteiger partial charge is 0.512 e. The molecule has 6 nitrogen and oxygen atoms in total. The van der Waals surface area contributed by atoms with Crippen LogP contribution in [0, 0.1) is 47.2 Å². The van der Waals surface area contributed by atoms with Crippen LogP contribution in [0.5, 0.6) is 0 Å². The fraction of sp³-hybridized carbons (Fsp3) is 0.0769. The van der Waals surface area contributed by atoms with Gasteiger partial charge in [0.15, 0.2) is 0 Å². The molecular weight excluding hydrogens is 665 g/mol. The minimum Gasteiger partial charge on any atom is -0.512 e. The Labute approximate surface area is 224 Å². The standard InChI is InChI=1S/C14H11F2N4.C11H6F2N.CN.Ir/c1-19-5-13(17-7-19)9-3-10(12(16)4-11(9)15)14-6-20(2)8-18-14;12-8-4-5-9(10(13)7-8)11-3-1-2-6-14-11;1-2;/h4-8H,1-2H3;1-4,6-7H;;/q3*-1;+3. The Morgan fingerprint density at radius 1 is 0.757 bits per heavy atom. The summed E-state index contributed by atoms with van der Waals surface area (Å²) in [5.74, 6) is -2.67. The molecule has 0 atom stereocenters. The van der Waals surface area contributed by atoms with Crippen molar-refractivity contribution in [3.63, 3.8) is 0 Å². The molecule has 37 heavy (non-hydrogen) atoms. The molecule has 0 spiro atoms. The summed E-state index contributed by atoms with van der Waals surface area (Å²) in [6, 6.07) is 13.1. The molecule has 0 aliphatic rings. The zero-order valence-corrected chi connectivity index (χ0v) is 21.8. The molecule has 0 unspecified atom stereocenters. The van der Waals surface area contributed by atoms with Crippen LogP contribution in [0.3, 0.4) is 0 Å². The van der Waals surface area contributed by atoms with Crippen LogP contribution in [0.4, 0.5) is 17.6 Å². The van der Waals surface area contributed by atoms with E-state index >= 15 is 0 Å². The van der Waals surface area contributed by atoms with Crippen molar-refractivity contribution in [1.29, 1.82) is 5.26 Å². The molecule has 188 valence electrons. The fourth-order valence-corrected chi connectivity index (χ4v) is 3.11. The topological polar surface area (TPSA) is 72.3 Å². The van der Waals surface area contributed by atoms with Gasteiger partial charge in [-0.25, -0.2) is 0 Å². The third-order valence-corrected chi connectivity index (χ3v) is 4.68. The molecule has 0 saturated carbocycles. The predicted octanol–water partition coefficient (Wildman–Crippen LogP) is 5.49. The summed E-state index contributed by atoms with van der Waals surface area (Å²) in [6.45, 7) is 4.75. The first-order valence-corrected chi connectivity index (χ1v) is 10.2. The Hall–Kier alpha value is -4.13. The first-order valence-electron chi connectivity index (χ1n) is 10.2. The maximum Gasteiger partial charge on any atom is 3.00 e. The second-order valence-corrected chi connectivity index (χ2v) is 7.32. The summed E-state index contributed by atoms with van der Waals surface area (Å²) in [4.78, 5) is 12.1. The van der Waals surface area contributed by atoms with E-state index in [2.05, 4.69) is 27.1 Å². The summed E-state index contributed by atoms with van der Waals surface area (Å²) in [6.07, 6.45) is 7.94. The minimum atomic E-state index is -0.694. The average Bonchev–Trinajstić information content (AvgIpc) is 3.49. The van der Waals surface area contributed by atoms with Crippen molar-refractivity contribution in [2.45, 2.75) is 0 Å². The number of pyridine rings is 1. The Bertz CT molecular complexity index is 1420. The molecule has 5 aromatic rings. The van der Waals surface area contributed by atoms with E-state index in [1.807, 2.05) is 0 Å². The van der Waals surface area contributed by atoms with Gasteiger partial charge < -0.3 is 26.0 Å². The minimum absolute atomic E-state index is 0. The molecule has 0 aliphatic heterocycles.